The summed E-state index contributed by atoms with van der Waals surface area (Å²) < 4.78 is 0. The maximum absolute atomic E-state index is 12.1. The van der Waals surface area contributed by atoms with Gasteiger partial charge in [0.15, 0.2) is 5.78 Å². The third kappa shape index (κ3) is 5.55. The Labute approximate surface area is 133 Å². The van der Waals surface area contributed by atoms with Crippen LogP contribution in [0, 0.1) is 5.92 Å². The molecule has 1 aromatic heterocycles. The fraction of sp³-hybridized carbons (Fsp3) is 0.722. The van der Waals surface area contributed by atoms with Crippen molar-refractivity contribution in [2.75, 3.05) is 13.1 Å². The fourth-order valence-corrected chi connectivity index (χ4v) is 3.87. The first-order valence-electron chi connectivity index (χ1n) is 8.47. The lowest BCUT2D eigenvalue weighted by molar-refractivity contribution is 0.0973. The van der Waals surface area contributed by atoms with Gasteiger partial charge in [-0.05, 0) is 56.1 Å². The van der Waals surface area contributed by atoms with Crippen molar-refractivity contribution < 1.29 is 4.79 Å². The number of carbonyl (C=O) groups excluding carboxylic acids is 1. The lowest BCUT2D eigenvalue weighted by Crippen LogP contribution is -2.35. The molecule has 1 fully saturated rings. The van der Waals surface area contributed by atoms with E-state index >= 15 is 0 Å². The van der Waals surface area contributed by atoms with E-state index in [2.05, 4.69) is 18.7 Å². The molecule has 0 N–H and O–H groups in total. The smallest absolute Gasteiger partial charge is 0.172 e. The van der Waals surface area contributed by atoms with Gasteiger partial charge in [0.25, 0.3) is 0 Å². The molecular formula is C18H29NOS. The Morgan fingerprint density at radius 3 is 2.71 bits per heavy atom. The van der Waals surface area contributed by atoms with E-state index in [0.717, 1.165) is 29.8 Å². The molecular weight excluding hydrogens is 278 g/mol. The zero-order valence-electron chi connectivity index (χ0n) is 13.5. The predicted molar refractivity (Wildman–Crippen MR) is 91.2 cm³/mol. The standard InChI is InChI=1S/C18H29NOS/c1-15(2)11-13-19(16-7-3-4-8-16)12-5-9-17(20)18-10-6-14-21-18/h6,10,14-16H,3-5,7-9,11-13H2,1-2H3. The molecule has 0 atom stereocenters. The monoisotopic (exact) mass is 307 g/mol. The summed E-state index contributed by atoms with van der Waals surface area (Å²) in [6, 6.07) is 4.69. The molecule has 0 saturated heterocycles. The van der Waals surface area contributed by atoms with Crippen molar-refractivity contribution in [2.24, 2.45) is 5.92 Å². The Bertz CT molecular complexity index is 407. The van der Waals surface area contributed by atoms with Crippen molar-refractivity contribution in [3.05, 3.63) is 22.4 Å². The summed E-state index contributed by atoms with van der Waals surface area (Å²) in [5.74, 6) is 1.09. The molecule has 2 rings (SSSR count). The van der Waals surface area contributed by atoms with E-state index in [-0.39, 0.29) is 0 Å². The van der Waals surface area contributed by atoms with Crippen molar-refractivity contribution in [1.29, 1.82) is 0 Å². The third-order valence-electron chi connectivity index (χ3n) is 4.48. The summed E-state index contributed by atoms with van der Waals surface area (Å²) in [6.45, 7) is 6.89. The van der Waals surface area contributed by atoms with Gasteiger partial charge in [0, 0.05) is 12.5 Å². The summed E-state index contributed by atoms with van der Waals surface area (Å²) in [5.41, 5.74) is 0. The van der Waals surface area contributed by atoms with Crippen LogP contribution in [-0.4, -0.2) is 29.8 Å². The molecule has 0 spiro atoms. The van der Waals surface area contributed by atoms with Gasteiger partial charge >= 0.3 is 0 Å². The van der Waals surface area contributed by atoms with Crippen LogP contribution in [0.2, 0.25) is 0 Å². The van der Waals surface area contributed by atoms with Gasteiger partial charge in [-0.3, -0.25) is 4.79 Å². The highest BCUT2D eigenvalue weighted by molar-refractivity contribution is 7.12. The number of nitrogens with zero attached hydrogens (tertiary/aromatic N) is 1. The molecule has 2 nitrogen and oxygen atoms in total. The maximum atomic E-state index is 12.1. The number of rotatable bonds is 9. The van der Waals surface area contributed by atoms with Crippen LogP contribution >= 0.6 is 11.3 Å². The first-order valence-corrected chi connectivity index (χ1v) is 9.35. The third-order valence-corrected chi connectivity index (χ3v) is 5.39. The van der Waals surface area contributed by atoms with Crippen molar-refractivity contribution in [1.82, 2.24) is 4.90 Å². The van der Waals surface area contributed by atoms with Crippen LogP contribution in [-0.2, 0) is 0 Å². The summed E-state index contributed by atoms with van der Waals surface area (Å²) in [4.78, 5) is 15.6. The lowest BCUT2D eigenvalue weighted by Gasteiger charge is -2.29. The van der Waals surface area contributed by atoms with Gasteiger partial charge in [-0.25, -0.2) is 0 Å². The quantitative estimate of drug-likeness (QED) is 0.598. The number of carbonyl (C=O) groups is 1. The second kappa shape index (κ2) is 8.70. The maximum Gasteiger partial charge on any atom is 0.172 e. The topological polar surface area (TPSA) is 20.3 Å². The SMILES string of the molecule is CC(C)CCN(CCCC(=O)c1cccs1)C1CCCC1. The number of hydrogen-bond donors (Lipinski definition) is 0. The molecule has 21 heavy (non-hydrogen) atoms. The highest BCUT2D eigenvalue weighted by Crippen LogP contribution is 2.24. The first-order chi connectivity index (χ1) is 10.2. The molecule has 1 aromatic rings. The van der Waals surface area contributed by atoms with Gasteiger partial charge in [0.2, 0.25) is 0 Å². The Morgan fingerprint density at radius 1 is 1.33 bits per heavy atom. The molecule has 0 bridgehead atoms. The zero-order valence-corrected chi connectivity index (χ0v) is 14.3. The van der Waals surface area contributed by atoms with Gasteiger partial charge < -0.3 is 4.90 Å². The Kier molecular flexibility index (Phi) is 6.91. The summed E-state index contributed by atoms with van der Waals surface area (Å²) >= 11 is 1.57. The van der Waals surface area contributed by atoms with E-state index in [1.165, 1.54) is 38.6 Å². The minimum absolute atomic E-state index is 0.320. The Hall–Kier alpha value is -0.670. The summed E-state index contributed by atoms with van der Waals surface area (Å²) in [5, 5.41) is 1.99. The molecule has 0 radical (unpaired) electrons. The minimum atomic E-state index is 0.320. The molecule has 0 aromatic carbocycles. The van der Waals surface area contributed by atoms with Crippen LogP contribution in [0.1, 0.15) is 68.5 Å². The van der Waals surface area contributed by atoms with Crippen molar-refractivity contribution in [3.8, 4) is 0 Å². The summed E-state index contributed by atoms with van der Waals surface area (Å²) in [7, 11) is 0. The molecule has 0 unspecified atom stereocenters. The second-order valence-corrected chi connectivity index (χ2v) is 7.61. The van der Waals surface area contributed by atoms with E-state index in [4.69, 9.17) is 0 Å². The Balaban J connectivity index is 1.76. The fourth-order valence-electron chi connectivity index (χ4n) is 3.17. The lowest BCUT2D eigenvalue weighted by atomic mass is 10.1. The van der Waals surface area contributed by atoms with Crippen LogP contribution in [0.3, 0.4) is 0 Å². The average molecular weight is 308 g/mol. The van der Waals surface area contributed by atoms with Gasteiger partial charge in [-0.2, -0.15) is 0 Å². The van der Waals surface area contributed by atoms with E-state index in [0.29, 0.717) is 12.2 Å². The average Bonchev–Trinajstić information content (AvgIpc) is 3.13. The normalized spacial score (nSPS) is 16.2. The largest absolute Gasteiger partial charge is 0.300 e. The van der Waals surface area contributed by atoms with Crippen LogP contribution in [0.5, 0.6) is 0 Å². The molecule has 1 saturated carbocycles. The van der Waals surface area contributed by atoms with Crippen LogP contribution in [0.25, 0.3) is 0 Å². The highest BCUT2D eigenvalue weighted by Gasteiger charge is 2.22. The first kappa shape index (κ1) is 16.7. The predicted octanol–water partition coefficient (Wildman–Crippen LogP) is 5.00. The zero-order chi connectivity index (χ0) is 15.1. The van der Waals surface area contributed by atoms with Gasteiger partial charge in [0.05, 0.1) is 4.88 Å². The van der Waals surface area contributed by atoms with Crippen LogP contribution < -0.4 is 0 Å². The van der Waals surface area contributed by atoms with E-state index < -0.39 is 0 Å². The number of ketones is 1. The van der Waals surface area contributed by atoms with Crippen molar-refractivity contribution in [3.63, 3.8) is 0 Å². The molecule has 0 aliphatic heterocycles. The van der Waals surface area contributed by atoms with Gasteiger partial charge in [-0.1, -0.05) is 32.8 Å². The van der Waals surface area contributed by atoms with Crippen molar-refractivity contribution >= 4 is 17.1 Å². The molecule has 1 aliphatic rings. The van der Waals surface area contributed by atoms with Crippen LogP contribution in [0.15, 0.2) is 17.5 Å². The Morgan fingerprint density at radius 2 is 2.10 bits per heavy atom. The van der Waals surface area contributed by atoms with Gasteiger partial charge in [0.1, 0.15) is 0 Å². The number of thiophene rings is 1. The molecule has 118 valence electrons. The van der Waals surface area contributed by atoms with E-state index in [1.807, 2.05) is 17.5 Å². The minimum Gasteiger partial charge on any atom is -0.300 e. The molecule has 1 aliphatic carbocycles. The molecule has 0 amide bonds. The van der Waals surface area contributed by atoms with Gasteiger partial charge in [-0.15, -0.1) is 11.3 Å². The number of Topliss-reactive ketones (excluding diaryl/α,β-unsaturated/α-hetero) is 1. The highest BCUT2D eigenvalue weighted by atomic mass is 32.1. The van der Waals surface area contributed by atoms with E-state index in [9.17, 15) is 4.79 Å². The summed E-state index contributed by atoms with van der Waals surface area (Å²) in [6.07, 6.45) is 8.47. The molecule has 1 heterocycles. The van der Waals surface area contributed by atoms with Crippen LogP contribution in [0.4, 0.5) is 0 Å². The second-order valence-electron chi connectivity index (χ2n) is 6.66. The van der Waals surface area contributed by atoms with Crippen molar-refractivity contribution in [2.45, 2.75) is 64.8 Å². The molecule has 3 heteroatoms. The number of hydrogen-bond acceptors (Lipinski definition) is 3. The van der Waals surface area contributed by atoms with E-state index in [1.54, 1.807) is 11.3 Å².